The van der Waals surface area contributed by atoms with Crippen LogP contribution in [0.5, 0.6) is 0 Å². The van der Waals surface area contributed by atoms with E-state index in [2.05, 4.69) is 39.3 Å². The van der Waals surface area contributed by atoms with E-state index in [4.69, 9.17) is 5.73 Å². The average molecular weight is 345 g/mol. The van der Waals surface area contributed by atoms with Crippen LogP contribution in [0.2, 0.25) is 0 Å². The zero-order chi connectivity index (χ0) is 13.7. The Labute approximate surface area is 129 Å². The fourth-order valence-corrected chi connectivity index (χ4v) is 4.77. The summed E-state index contributed by atoms with van der Waals surface area (Å²) in [6.07, 6.45) is 8.11. The minimum Gasteiger partial charge on any atom is -0.330 e. The summed E-state index contributed by atoms with van der Waals surface area (Å²) in [6, 6.07) is 2.23. The summed E-state index contributed by atoms with van der Waals surface area (Å²) in [6.45, 7) is 3.02. The molecule has 1 aliphatic carbocycles. The zero-order valence-corrected chi connectivity index (χ0v) is 14.2. The molecular weight excluding hydrogens is 320 g/mol. The van der Waals surface area contributed by atoms with Crippen molar-refractivity contribution >= 4 is 27.3 Å². The number of nitrogens with zero attached hydrogens (tertiary/aromatic N) is 1. The van der Waals surface area contributed by atoms with Gasteiger partial charge in [0.25, 0.3) is 0 Å². The Bertz CT molecular complexity index is 383. The first kappa shape index (κ1) is 15.5. The van der Waals surface area contributed by atoms with Crippen LogP contribution in [-0.4, -0.2) is 25.0 Å². The number of thiophene rings is 1. The van der Waals surface area contributed by atoms with Gasteiger partial charge in [-0.1, -0.05) is 25.7 Å². The molecule has 2 N–H and O–H groups in total. The van der Waals surface area contributed by atoms with Crippen molar-refractivity contribution in [2.24, 2.45) is 11.1 Å². The molecule has 19 heavy (non-hydrogen) atoms. The van der Waals surface area contributed by atoms with E-state index in [0.717, 1.165) is 19.6 Å². The molecular formula is C15H25BrN2S. The van der Waals surface area contributed by atoms with Gasteiger partial charge in [-0.15, -0.1) is 11.3 Å². The van der Waals surface area contributed by atoms with Gasteiger partial charge >= 0.3 is 0 Å². The minimum atomic E-state index is 0.361. The molecule has 2 rings (SSSR count). The average Bonchev–Trinajstić information content (AvgIpc) is 2.65. The van der Waals surface area contributed by atoms with E-state index in [1.807, 2.05) is 11.3 Å². The molecule has 1 saturated carbocycles. The van der Waals surface area contributed by atoms with Crippen LogP contribution in [0.4, 0.5) is 0 Å². The van der Waals surface area contributed by atoms with E-state index >= 15 is 0 Å². The van der Waals surface area contributed by atoms with Crippen molar-refractivity contribution in [3.8, 4) is 0 Å². The van der Waals surface area contributed by atoms with Gasteiger partial charge < -0.3 is 10.6 Å². The molecule has 0 atom stereocenters. The first-order valence-corrected chi connectivity index (χ1v) is 8.92. The van der Waals surface area contributed by atoms with Crippen molar-refractivity contribution in [3.05, 3.63) is 20.8 Å². The summed E-state index contributed by atoms with van der Waals surface area (Å²) in [5.41, 5.74) is 6.48. The number of hydrogen-bond acceptors (Lipinski definition) is 3. The molecule has 2 nitrogen and oxygen atoms in total. The van der Waals surface area contributed by atoms with E-state index in [-0.39, 0.29) is 0 Å². The van der Waals surface area contributed by atoms with Crippen molar-refractivity contribution in [3.63, 3.8) is 0 Å². The highest BCUT2D eigenvalue weighted by molar-refractivity contribution is 9.10. The molecule has 1 aliphatic rings. The Kier molecular flexibility index (Phi) is 5.87. The van der Waals surface area contributed by atoms with Crippen LogP contribution >= 0.6 is 27.3 Å². The van der Waals surface area contributed by atoms with Gasteiger partial charge in [0.15, 0.2) is 0 Å². The van der Waals surface area contributed by atoms with Gasteiger partial charge in [0, 0.05) is 27.8 Å². The molecule has 0 radical (unpaired) electrons. The third-order valence-corrected chi connectivity index (χ3v) is 5.93. The summed E-state index contributed by atoms with van der Waals surface area (Å²) < 4.78 is 1.20. The maximum absolute atomic E-state index is 6.12. The first-order chi connectivity index (χ1) is 9.13. The van der Waals surface area contributed by atoms with Gasteiger partial charge in [-0.3, -0.25) is 0 Å². The Morgan fingerprint density at radius 1 is 1.32 bits per heavy atom. The summed E-state index contributed by atoms with van der Waals surface area (Å²) >= 11 is 5.36. The van der Waals surface area contributed by atoms with Crippen LogP contribution in [0, 0.1) is 5.41 Å². The van der Waals surface area contributed by atoms with E-state index in [9.17, 15) is 0 Å². The molecule has 4 heteroatoms. The van der Waals surface area contributed by atoms with Crippen molar-refractivity contribution in [1.29, 1.82) is 0 Å². The van der Waals surface area contributed by atoms with Crippen molar-refractivity contribution < 1.29 is 0 Å². The van der Waals surface area contributed by atoms with Crippen LogP contribution in [0.3, 0.4) is 0 Å². The quantitative estimate of drug-likeness (QED) is 0.809. The Morgan fingerprint density at radius 3 is 2.53 bits per heavy atom. The second-order valence-corrected chi connectivity index (χ2v) is 7.93. The molecule has 1 heterocycles. The third kappa shape index (κ3) is 4.55. The fraction of sp³-hybridized carbons (Fsp3) is 0.733. The SMILES string of the molecule is CN(Cc1cc(Br)cs1)CC1(CN)CCCCCC1. The Hall–Kier alpha value is 0.1000. The fourth-order valence-electron chi connectivity index (χ4n) is 3.24. The lowest BCUT2D eigenvalue weighted by molar-refractivity contribution is 0.154. The van der Waals surface area contributed by atoms with Crippen LogP contribution < -0.4 is 5.73 Å². The number of nitrogens with two attached hydrogens (primary N) is 1. The van der Waals surface area contributed by atoms with Crippen molar-refractivity contribution in [2.45, 2.75) is 45.1 Å². The molecule has 1 aromatic rings. The van der Waals surface area contributed by atoms with E-state index < -0.39 is 0 Å². The zero-order valence-electron chi connectivity index (χ0n) is 11.8. The first-order valence-electron chi connectivity index (χ1n) is 7.25. The smallest absolute Gasteiger partial charge is 0.0325 e. The summed E-state index contributed by atoms with van der Waals surface area (Å²) in [5.74, 6) is 0. The maximum atomic E-state index is 6.12. The largest absolute Gasteiger partial charge is 0.330 e. The van der Waals surface area contributed by atoms with E-state index in [1.54, 1.807) is 0 Å². The maximum Gasteiger partial charge on any atom is 0.0325 e. The highest BCUT2D eigenvalue weighted by atomic mass is 79.9. The van der Waals surface area contributed by atoms with Gasteiger partial charge in [0.2, 0.25) is 0 Å². The van der Waals surface area contributed by atoms with Crippen molar-refractivity contribution in [2.75, 3.05) is 20.1 Å². The number of rotatable bonds is 5. The van der Waals surface area contributed by atoms with Crippen LogP contribution in [-0.2, 0) is 6.54 Å². The standard InChI is InChI=1S/C15H25BrN2S/c1-18(9-14-8-13(16)10-19-14)12-15(11-17)6-4-2-3-5-7-15/h8,10H,2-7,9,11-12,17H2,1H3. The van der Waals surface area contributed by atoms with Gasteiger partial charge in [-0.2, -0.15) is 0 Å². The number of halogens is 1. The van der Waals surface area contributed by atoms with Crippen LogP contribution in [0.1, 0.15) is 43.4 Å². The lowest BCUT2D eigenvalue weighted by Crippen LogP contribution is -2.40. The summed E-state index contributed by atoms with van der Waals surface area (Å²) in [7, 11) is 2.23. The molecule has 0 spiro atoms. The molecule has 1 aromatic heterocycles. The molecule has 0 unspecified atom stereocenters. The number of hydrogen-bond donors (Lipinski definition) is 1. The predicted octanol–water partition coefficient (Wildman–Crippen LogP) is 4.24. The second kappa shape index (κ2) is 7.21. The highest BCUT2D eigenvalue weighted by Crippen LogP contribution is 2.35. The summed E-state index contributed by atoms with van der Waals surface area (Å²) in [4.78, 5) is 3.88. The predicted molar refractivity (Wildman–Crippen MR) is 87.5 cm³/mol. The molecule has 0 saturated heterocycles. The van der Waals surface area contributed by atoms with Crippen molar-refractivity contribution in [1.82, 2.24) is 4.90 Å². The summed E-state index contributed by atoms with van der Waals surface area (Å²) in [5, 5.41) is 2.16. The molecule has 1 fully saturated rings. The normalized spacial score (nSPS) is 19.6. The van der Waals surface area contributed by atoms with E-state index in [0.29, 0.717) is 5.41 Å². The molecule has 108 valence electrons. The van der Waals surface area contributed by atoms with Gasteiger partial charge in [0.05, 0.1) is 0 Å². The van der Waals surface area contributed by atoms with Crippen LogP contribution in [0.25, 0.3) is 0 Å². The molecule has 0 aliphatic heterocycles. The Balaban J connectivity index is 1.93. The topological polar surface area (TPSA) is 29.3 Å². The highest BCUT2D eigenvalue weighted by Gasteiger charge is 2.30. The Morgan fingerprint density at radius 2 is 2.00 bits per heavy atom. The second-order valence-electron chi connectivity index (χ2n) is 6.02. The van der Waals surface area contributed by atoms with E-state index in [1.165, 1.54) is 47.9 Å². The van der Waals surface area contributed by atoms with Gasteiger partial charge in [-0.25, -0.2) is 0 Å². The monoisotopic (exact) mass is 344 g/mol. The third-order valence-electron chi connectivity index (χ3n) is 4.25. The van der Waals surface area contributed by atoms with Crippen LogP contribution in [0.15, 0.2) is 15.9 Å². The molecule has 0 bridgehead atoms. The lowest BCUT2D eigenvalue weighted by Gasteiger charge is -2.35. The minimum absolute atomic E-state index is 0.361. The molecule has 0 aromatic carbocycles. The molecule has 0 amide bonds. The van der Waals surface area contributed by atoms with Gasteiger partial charge in [0.1, 0.15) is 0 Å². The van der Waals surface area contributed by atoms with Gasteiger partial charge in [-0.05, 0) is 53.8 Å². The lowest BCUT2D eigenvalue weighted by atomic mass is 9.80.